The van der Waals surface area contributed by atoms with Gasteiger partial charge < -0.3 is 9.80 Å². The fraction of sp³-hybridized carbons (Fsp3) is 0.0851. The van der Waals surface area contributed by atoms with Gasteiger partial charge in [-0.15, -0.1) is 0 Å². The van der Waals surface area contributed by atoms with Crippen molar-refractivity contribution in [3.8, 4) is 89.0 Å². The predicted molar refractivity (Wildman–Crippen MR) is 416 cm³/mol. The first-order valence-electron chi connectivity index (χ1n) is 34.2. The van der Waals surface area contributed by atoms with Crippen LogP contribution in [0.15, 0.2) is 334 Å². The minimum absolute atomic E-state index is 0.151. The molecule has 0 N–H and O–H groups in total. The second kappa shape index (κ2) is 23.7. The molecule has 2 aliphatic heterocycles. The van der Waals surface area contributed by atoms with E-state index in [0.717, 1.165) is 56.4 Å². The molecule has 2 nitrogen and oxygen atoms in total. The smallest absolute Gasteiger partial charge is 0.252 e. The molecule has 0 spiro atoms. The van der Waals surface area contributed by atoms with Crippen LogP contribution in [0.4, 0.5) is 34.1 Å². The Hall–Kier alpha value is -11.5. The van der Waals surface area contributed by atoms with Crippen molar-refractivity contribution in [3.63, 3.8) is 0 Å². The second-order valence-corrected chi connectivity index (χ2v) is 28.3. The first kappa shape index (κ1) is 59.2. The summed E-state index contributed by atoms with van der Waals surface area (Å²) in [5, 5.41) is 4.92. The lowest BCUT2D eigenvalue weighted by atomic mass is 9.33. The van der Waals surface area contributed by atoms with E-state index in [-0.39, 0.29) is 17.5 Å². The Balaban J connectivity index is 1.01. The number of rotatable bonds is 10. The van der Waals surface area contributed by atoms with Crippen molar-refractivity contribution in [2.75, 3.05) is 9.80 Å². The number of hydrogen-bond acceptors (Lipinski definition) is 2. The Bertz CT molecular complexity index is 5380. The van der Waals surface area contributed by atoms with Crippen LogP contribution in [-0.2, 0) is 10.8 Å². The lowest BCUT2D eigenvalue weighted by molar-refractivity contribution is 0.590. The number of nitrogens with zero attached hydrogens (tertiary/aromatic N) is 2. The first-order valence-corrected chi connectivity index (χ1v) is 34.2. The zero-order chi connectivity index (χ0) is 65.5. The van der Waals surface area contributed by atoms with Crippen molar-refractivity contribution in [1.82, 2.24) is 0 Å². The molecular weight excluding hydrogens is 1170 g/mol. The van der Waals surface area contributed by atoms with Gasteiger partial charge in [0.1, 0.15) is 0 Å². The van der Waals surface area contributed by atoms with Crippen LogP contribution >= 0.6 is 0 Å². The highest BCUT2D eigenvalue weighted by molar-refractivity contribution is 7.00. The number of hydrogen-bond donors (Lipinski definition) is 0. The molecule has 15 aromatic carbocycles. The summed E-state index contributed by atoms with van der Waals surface area (Å²) in [5.74, 6) is 0. The lowest BCUT2D eigenvalue weighted by Gasteiger charge is -2.46. The van der Waals surface area contributed by atoms with Crippen LogP contribution in [0, 0.1) is 0 Å². The molecule has 0 aliphatic carbocycles. The molecule has 0 saturated heterocycles. The van der Waals surface area contributed by atoms with Crippen LogP contribution in [0.2, 0.25) is 0 Å². The van der Waals surface area contributed by atoms with E-state index in [1.807, 2.05) is 0 Å². The summed E-state index contributed by atoms with van der Waals surface area (Å²) in [6.45, 7) is 13.9. The van der Waals surface area contributed by atoms with Crippen LogP contribution in [0.3, 0.4) is 0 Å². The number of benzene rings is 15. The van der Waals surface area contributed by atoms with Gasteiger partial charge in [-0.25, -0.2) is 0 Å². The van der Waals surface area contributed by atoms with Gasteiger partial charge in [-0.05, 0) is 181 Å². The average Bonchev–Trinajstić information content (AvgIpc) is 0.693. The fourth-order valence-electron chi connectivity index (χ4n) is 15.6. The Kier molecular flexibility index (Phi) is 14.5. The largest absolute Gasteiger partial charge is 0.310 e. The highest BCUT2D eigenvalue weighted by atomic mass is 15.2. The molecule has 0 fully saturated rings. The highest BCUT2D eigenvalue weighted by Crippen LogP contribution is 2.55. The maximum atomic E-state index is 2.69. The molecule has 0 radical (unpaired) electrons. The van der Waals surface area contributed by atoms with E-state index in [4.69, 9.17) is 0 Å². The standard InChI is InChI=1S/C94H73BN2/c1-93(2,3)72-58-77(63-33-16-8-17-34-63)91(78(59-72)64-35-18-9-19-36-64)96-84-54-51-70(62-31-14-7-15-32-62)56-83(84)95-82-53-50-71(69-49-52-76-81(55-69)89(68-43-26-13-27-44-68)75-46-29-28-45-74(75)88(76)67-41-24-12-25-42-67)57-87(82)97(86-48-30-47-85(96)90(86)95)92-79(65-37-20-10-21-38-65)60-73(94(4,5)6)61-80(92)66-39-22-11-23-40-66/h7-61H,1-6H3. The predicted octanol–water partition coefficient (Wildman–Crippen LogP) is 24.0. The molecule has 17 rings (SSSR count). The summed E-state index contributed by atoms with van der Waals surface area (Å²) in [6.07, 6.45) is 0. The summed E-state index contributed by atoms with van der Waals surface area (Å²) in [7, 11) is 0. The summed E-state index contributed by atoms with van der Waals surface area (Å²) in [4.78, 5) is 5.34. The second-order valence-electron chi connectivity index (χ2n) is 28.3. The third kappa shape index (κ3) is 10.3. The van der Waals surface area contributed by atoms with Crippen molar-refractivity contribution in [3.05, 3.63) is 345 Å². The monoisotopic (exact) mass is 1240 g/mol. The maximum Gasteiger partial charge on any atom is 0.252 e. The molecule has 0 amide bonds. The van der Waals surface area contributed by atoms with E-state index in [1.165, 1.54) is 116 Å². The molecule has 0 atom stereocenters. The van der Waals surface area contributed by atoms with Gasteiger partial charge in [-0.1, -0.05) is 321 Å². The van der Waals surface area contributed by atoms with Crippen LogP contribution < -0.4 is 26.2 Å². The third-order valence-electron chi connectivity index (χ3n) is 20.3. The average molecular weight is 1240 g/mol. The molecule has 0 bridgehead atoms. The van der Waals surface area contributed by atoms with Crippen molar-refractivity contribution in [2.24, 2.45) is 0 Å². The van der Waals surface area contributed by atoms with Gasteiger partial charge in [0.2, 0.25) is 0 Å². The molecule has 462 valence electrons. The topological polar surface area (TPSA) is 6.48 Å². The zero-order valence-corrected chi connectivity index (χ0v) is 55.7. The van der Waals surface area contributed by atoms with Crippen molar-refractivity contribution < 1.29 is 0 Å². The first-order chi connectivity index (χ1) is 47.4. The molecule has 97 heavy (non-hydrogen) atoms. The molecule has 2 aliphatic rings. The maximum absolute atomic E-state index is 2.69. The van der Waals surface area contributed by atoms with Crippen LogP contribution in [0.5, 0.6) is 0 Å². The quantitative estimate of drug-likeness (QED) is 0.0995. The molecule has 0 unspecified atom stereocenters. The summed E-state index contributed by atoms with van der Waals surface area (Å²) >= 11 is 0. The zero-order valence-electron chi connectivity index (χ0n) is 55.7. The Morgan fingerprint density at radius 1 is 0.227 bits per heavy atom. The Labute approximate surface area is 571 Å². The fourth-order valence-corrected chi connectivity index (χ4v) is 15.6. The van der Waals surface area contributed by atoms with Gasteiger partial charge in [0, 0.05) is 45.0 Å². The molecule has 0 aromatic heterocycles. The SMILES string of the molecule is CC(C)(C)c1cc(-c2ccccc2)c(N2c3ccc(-c4ccccc4)cc3B3c4ccc(-c5ccc6c(-c7ccccc7)c7ccccc7c(-c7ccccc7)c6c5)cc4N(c4c(-c5ccccc5)cc(C(C)(C)C)cc4-c4ccccc4)c4cccc2c43)c(-c2ccccc2)c1. The Morgan fingerprint density at radius 2 is 0.567 bits per heavy atom. The molecular formula is C94H73BN2. The van der Waals surface area contributed by atoms with Gasteiger partial charge in [0.25, 0.3) is 6.71 Å². The normalized spacial score (nSPS) is 12.6. The van der Waals surface area contributed by atoms with Crippen molar-refractivity contribution in [1.29, 1.82) is 0 Å². The molecule has 15 aromatic rings. The van der Waals surface area contributed by atoms with Gasteiger partial charge in [-0.3, -0.25) is 0 Å². The van der Waals surface area contributed by atoms with Crippen LogP contribution in [0.25, 0.3) is 111 Å². The third-order valence-corrected chi connectivity index (χ3v) is 20.3. The number of anilines is 6. The summed E-state index contributed by atoms with van der Waals surface area (Å²) in [6, 6.07) is 126. The molecule has 3 heteroatoms. The van der Waals surface area contributed by atoms with E-state index < -0.39 is 0 Å². The van der Waals surface area contributed by atoms with Crippen molar-refractivity contribution in [2.45, 2.75) is 52.4 Å². The minimum atomic E-state index is -0.189. The summed E-state index contributed by atoms with van der Waals surface area (Å²) < 4.78 is 0. The minimum Gasteiger partial charge on any atom is -0.310 e. The van der Waals surface area contributed by atoms with Crippen molar-refractivity contribution >= 4 is 78.8 Å². The molecule has 0 saturated carbocycles. The van der Waals surface area contributed by atoms with Gasteiger partial charge in [-0.2, -0.15) is 0 Å². The van der Waals surface area contributed by atoms with Gasteiger partial charge in [0.15, 0.2) is 0 Å². The Morgan fingerprint density at radius 3 is 1.00 bits per heavy atom. The van der Waals surface area contributed by atoms with E-state index in [1.54, 1.807) is 0 Å². The van der Waals surface area contributed by atoms with Crippen LogP contribution in [0.1, 0.15) is 52.7 Å². The molecule has 2 heterocycles. The number of fused-ring (bicyclic) bond motifs is 6. The van der Waals surface area contributed by atoms with Gasteiger partial charge >= 0.3 is 0 Å². The van der Waals surface area contributed by atoms with Gasteiger partial charge in [0.05, 0.1) is 11.4 Å². The van der Waals surface area contributed by atoms with E-state index in [9.17, 15) is 0 Å². The van der Waals surface area contributed by atoms with E-state index in [2.05, 4.69) is 385 Å². The summed E-state index contributed by atoms with van der Waals surface area (Å²) in [5.41, 5.74) is 31.8. The van der Waals surface area contributed by atoms with E-state index >= 15 is 0 Å². The highest BCUT2D eigenvalue weighted by Gasteiger charge is 2.45. The van der Waals surface area contributed by atoms with E-state index in [0.29, 0.717) is 0 Å². The van der Waals surface area contributed by atoms with Crippen LogP contribution in [-0.4, -0.2) is 6.71 Å². The lowest BCUT2D eigenvalue weighted by Crippen LogP contribution is -2.61.